The van der Waals surface area contributed by atoms with Gasteiger partial charge in [0.1, 0.15) is 17.7 Å². The predicted molar refractivity (Wildman–Crippen MR) is 131 cm³/mol. The molecule has 0 spiro atoms. The van der Waals surface area contributed by atoms with Gasteiger partial charge in [-0.05, 0) is 49.4 Å². The molecule has 0 radical (unpaired) electrons. The Labute approximate surface area is 229 Å². The number of benzene rings is 3. The number of hydrogen-bond donors (Lipinski definition) is 2. The summed E-state index contributed by atoms with van der Waals surface area (Å²) in [6, 6.07) is 1.96. The van der Waals surface area contributed by atoms with Crippen molar-refractivity contribution >= 4 is 40.0 Å². The second-order valence-corrected chi connectivity index (χ2v) is 9.61. The number of hydrogen-bond acceptors (Lipinski definition) is 3. The van der Waals surface area contributed by atoms with E-state index < -0.39 is 59.0 Å². The molecule has 2 N–H and O–H groups in total. The van der Waals surface area contributed by atoms with Crippen molar-refractivity contribution in [2.45, 2.75) is 31.4 Å². The highest BCUT2D eigenvalue weighted by Gasteiger charge is 2.41. The van der Waals surface area contributed by atoms with E-state index in [1.54, 1.807) is 0 Å². The quantitative estimate of drug-likeness (QED) is 0.243. The third-order valence-electron chi connectivity index (χ3n) is 6.58. The van der Waals surface area contributed by atoms with Gasteiger partial charge in [0.25, 0.3) is 11.8 Å². The van der Waals surface area contributed by atoms with Crippen molar-refractivity contribution in [2.24, 2.45) is 0 Å². The minimum Gasteiger partial charge on any atom is -0.341 e. The molecular weight excluding hydrogens is 588 g/mol. The van der Waals surface area contributed by atoms with E-state index in [1.807, 2.05) is 0 Å². The molecule has 0 saturated carbocycles. The van der Waals surface area contributed by atoms with E-state index in [-0.39, 0.29) is 44.4 Å². The summed E-state index contributed by atoms with van der Waals surface area (Å²) >= 11 is 6.24. The molecule has 0 saturated heterocycles. The third kappa shape index (κ3) is 5.07. The lowest BCUT2D eigenvalue weighted by molar-refractivity contribution is -0.164. The molecule has 0 fully saturated rings. The first kappa shape index (κ1) is 28.3. The van der Waals surface area contributed by atoms with Crippen LogP contribution in [0.1, 0.15) is 56.4 Å². The standard InChI is InChI=1S/C26H15ClF8N4O2/c1-10(25(30,31)32)39-19-8-18(37-23(40)11-4-12(26(33,34)35)6-14(29)5-11)21-20(16(19)9-36-39)24(41)38-22(21)15-7-13(28)2-3-17(15)27/h2-10,22H,1H3,(H,37,40)(H,38,41). The SMILES string of the molecule is CC(n1ncc2c3c(c(NC(=O)c4cc(F)cc(C(F)(F)F)c4)cc21)C(c1cc(F)ccc1Cl)NC3=O)C(F)(F)F. The number of rotatable bonds is 4. The highest BCUT2D eigenvalue weighted by Crippen LogP contribution is 2.44. The molecule has 214 valence electrons. The van der Waals surface area contributed by atoms with E-state index in [4.69, 9.17) is 11.6 Å². The van der Waals surface area contributed by atoms with Gasteiger partial charge in [0.15, 0.2) is 0 Å². The maximum absolute atomic E-state index is 14.1. The summed E-state index contributed by atoms with van der Waals surface area (Å²) in [6.45, 7) is 0.804. The normalized spacial score (nSPS) is 16.0. The first-order valence-electron chi connectivity index (χ1n) is 11.6. The predicted octanol–water partition coefficient (Wildman–Crippen LogP) is 7.20. The Kier molecular flexibility index (Phi) is 6.71. The monoisotopic (exact) mass is 602 g/mol. The summed E-state index contributed by atoms with van der Waals surface area (Å²) in [7, 11) is 0. The fraction of sp³-hybridized carbons (Fsp3) is 0.192. The highest BCUT2D eigenvalue weighted by atomic mass is 35.5. The molecule has 2 heterocycles. The van der Waals surface area contributed by atoms with Gasteiger partial charge in [0.05, 0.1) is 28.9 Å². The molecule has 2 atom stereocenters. The summed E-state index contributed by atoms with van der Waals surface area (Å²) in [4.78, 5) is 26.3. The number of aromatic nitrogens is 2. The highest BCUT2D eigenvalue weighted by molar-refractivity contribution is 6.31. The first-order valence-corrected chi connectivity index (χ1v) is 12.0. The van der Waals surface area contributed by atoms with Crippen LogP contribution in [0.5, 0.6) is 0 Å². The molecule has 5 rings (SSSR count). The van der Waals surface area contributed by atoms with Gasteiger partial charge in [-0.25, -0.2) is 8.78 Å². The van der Waals surface area contributed by atoms with Crippen LogP contribution in [0.3, 0.4) is 0 Å². The van der Waals surface area contributed by atoms with E-state index in [1.165, 1.54) is 6.07 Å². The summed E-state index contributed by atoms with van der Waals surface area (Å²) in [5, 5.41) is 8.54. The molecular formula is C26H15ClF8N4O2. The molecule has 2 amide bonds. The van der Waals surface area contributed by atoms with E-state index >= 15 is 0 Å². The molecule has 0 bridgehead atoms. The topological polar surface area (TPSA) is 76.0 Å². The number of carbonyl (C=O) groups is 2. The zero-order chi connectivity index (χ0) is 30.0. The van der Waals surface area contributed by atoms with Gasteiger partial charge in [-0.3, -0.25) is 14.3 Å². The minimum atomic E-state index is -4.99. The Bertz CT molecular complexity index is 1730. The van der Waals surface area contributed by atoms with E-state index in [9.17, 15) is 44.7 Å². The molecule has 3 aromatic carbocycles. The second kappa shape index (κ2) is 9.72. The van der Waals surface area contributed by atoms with Gasteiger partial charge in [-0.2, -0.15) is 31.4 Å². The van der Waals surface area contributed by atoms with Crippen LogP contribution in [0.15, 0.2) is 48.7 Å². The lowest BCUT2D eigenvalue weighted by Gasteiger charge is -2.20. The number of nitrogens with zero attached hydrogens (tertiary/aromatic N) is 2. The molecule has 2 unspecified atom stereocenters. The van der Waals surface area contributed by atoms with Gasteiger partial charge in [-0.15, -0.1) is 0 Å². The van der Waals surface area contributed by atoms with E-state index in [2.05, 4.69) is 15.7 Å². The number of amides is 2. The number of anilines is 1. The van der Waals surface area contributed by atoms with Crippen molar-refractivity contribution in [1.82, 2.24) is 15.1 Å². The molecule has 6 nitrogen and oxygen atoms in total. The molecule has 1 aromatic heterocycles. The van der Waals surface area contributed by atoms with Gasteiger partial charge >= 0.3 is 12.4 Å². The number of fused-ring (bicyclic) bond motifs is 3. The zero-order valence-corrected chi connectivity index (χ0v) is 21.1. The molecule has 1 aliphatic heterocycles. The van der Waals surface area contributed by atoms with Crippen molar-refractivity contribution in [2.75, 3.05) is 5.32 Å². The molecule has 0 aliphatic carbocycles. The van der Waals surface area contributed by atoms with Gasteiger partial charge < -0.3 is 10.6 Å². The van der Waals surface area contributed by atoms with Crippen LogP contribution in [-0.2, 0) is 6.18 Å². The van der Waals surface area contributed by atoms with Crippen molar-refractivity contribution in [3.8, 4) is 0 Å². The number of halogens is 9. The van der Waals surface area contributed by atoms with E-state index in [0.717, 1.165) is 31.3 Å². The van der Waals surface area contributed by atoms with Crippen molar-refractivity contribution in [3.05, 3.63) is 93.1 Å². The average Bonchev–Trinajstić information content (AvgIpc) is 3.44. The number of alkyl halides is 6. The van der Waals surface area contributed by atoms with Crippen LogP contribution in [0.25, 0.3) is 10.9 Å². The third-order valence-corrected chi connectivity index (χ3v) is 6.92. The van der Waals surface area contributed by atoms with Crippen LogP contribution in [0, 0.1) is 11.6 Å². The molecule has 4 aromatic rings. The zero-order valence-electron chi connectivity index (χ0n) is 20.4. The van der Waals surface area contributed by atoms with Crippen molar-refractivity contribution in [1.29, 1.82) is 0 Å². The molecule has 15 heteroatoms. The van der Waals surface area contributed by atoms with Crippen LogP contribution in [0.4, 0.5) is 40.8 Å². The minimum absolute atomic E-state index is 0.0109. The lowest BCUT2D eigenvalue weighted by atomic mass is 9.94. The Morgan fingerprint density at radius 3 is 2.41 bits per heavy atom. The fourth-order valence-electron chi connectivity index (χ4n) is 4.62. The van der Waals surface area contributed by atoms with Gasteiger partial charge in [-0.1, -0.05) is 11.6 Å². The maximum atomic E-state index is 14.1. The van der Waals surface area contributed by atoms with Gasteiger partial charge in [0, 0.05) is 32.8 Å². The van der Waals surface area contributed by atoms with Crippen LogP contribution < -0.4 is 10.6 Å². The summed E-state index contributed by atoms with van der Waals surface area (Å²) in [6.07, 6.45) is -8.75. The van der Waals surface area contributed by atoms with Crippen LogP contribution in [0.2, 0.25) is 5.02 Å². The van der Waals surface area contributed by atoms with E-state index in [0.29, 0.717) is 16.8 Å². The average molecular weight is 603 g/mol. The molecule has 1 aliphatic rings. The van der Waals surface area contributed by atoms with Crippen LogP contribution >= 0.6 is 11.6 Å². The fourth-order valence-corrected chi connectivity index (χ4v) is 4.85. The van der Waals surface area contributed by atoms with Gasteiger partial charge in [0.2, 0.25) is 0 Å². The lowest BCUT2D eigenvalue weighted by Crippen LogP contribution is -2.24. The Hall–Kier alpha value is -4.20. The number of nitrogens with one attached hydrogen (secondary N) is 2. The van der Waals surface area contributed by atoms with Crippen molar-refractivity contribution < 1.29 is 44.7 Å². The van der Waals surface area contributed by atoms with Crippen molar-refractivity contribution in [3.63, 3.8) is 0 Å². The van der Waals surface area contributed by atoms with Crippen LogP contribution in [-0.4, -0.2) is 27.8 Å². The maximum Gasteiger partial charge on any atom is 0.416 e. The summed E-state index contributed by atoms with van der Waals surface area (Å²) < 4.78 is 109. The summed E-state index contributed by atoms with van der Waals surface area (Å²) in [5.74, 6) is -4.21. The Morgan fingerprint density at radius 2 is 1.76 bits per heavy atom. The first-order chi connectivity index (χ1) is 19.1. The Morgan fingerprint density at radius 1 is 1.05 bits per heavy atom. The summed E-state index contributed by atoms with van der Waals surface area (Å²) in [5.41, 5.74) is -3.05. The Balaban J connectivity index is 1.73. The smallest absolute Gasteiger partial charge is 0.341 e. The second-order valence-electron chi connectivity index (χ2n) is 9.21. The molecule has 41 heavy (non-hydrogen) atoms. The number of carbonyl (C=O) groups excluding carboxylic acids is 2. The largest absolute Gasteiger partial charge is 0.416 e.